The molecule has 6 heteroatoms. The van der Waals surface area contributed by atoms with Gasteiger partial charge in [-0.25, -0.2) is 0 Å². The third-order valence-corrected chi connectivity index (χ3v) is 4.36. The molecule has 0 bridgehead atoms. The number of H-pyrrole nitrogens is 1. The van der Waals surface area contributed by atoms with Crippen LogP contribution in [-0.4, -0.2) is 29.3 Å². The van der Waals surface area contributed by atoms with Crippen molar-refractivity contribution in [1.82, 2.24) is 15.5 Å². The lowest BCUT2D eigenvalue weighted by molar-refractivity contribution is 0.0411. The van der Waals surface area contributed by atoms with Gasteiger partial charge in [0.15, 0.2) is 11.5 Å². The number of aromatic nitrogens is 2. The summed E-state index contributed by atoms with van der Waals surface area (Å²) in [7, 11) is 0. The van der Waals surface area contributed by atoms with E-state index in [1.165, 1.54) is 5.56 Å². The van der Waals surface area contributed by atoms with E-state index in [0.29, 0.717) is 30.3 Å². The number of furan rings is 1. The van der Waals surface area contributed by atoms with Crippen molar-refractivity contribution in [3.05, 3.63) is 65.0 Å². The van der Waals surface area contributed by atoms with E-state index < -0.39 is 0 Å². The molecule has 0 aliphatic carbocycles. The van der Waals surface area contributed by atoms with Crippen LogP contribution in [0.25, 0.3) is 11.5 Å². The lowest BCUT2D eigenvalue weighted by atomic mass is 9.97. The first-order valence-corrected chi connectivity index (χ1v) is 8.30. The number of hydrogen-bond donors (Lipinski definition) is 2. The third-order valence-electron chi connectivity index (χ3n) is 4.36. The van der Waals surface area contributed by atoms with Crippen LogP contribution in [0.4, 0.5) is 0 Å². The van der Waals surface area contributed by atoms with Crippen molar-refractivity contribution >= 4 is 5.91 Å². The van der Waals surface area contributed by atoms with Gasteiger partial charge in [0.25, 0.3) is 5.91 Å². The maximum Gasteiger partial charge on any atom is 0.271 e. The molecule has 1 atom stereocenters. The van der Waals surface area contributed by atoms with Gasteiger partial charge in [0.2, 0.25) is 0 Å². The second-order valence-corrected chi connectivity index (χ2v) is 6.10. The predicted octanol–water partition coefficient (Wildman–Crippen LogP) is 3.02. The lowest BCUT2D eigenvalue weighted by Crippen LogP contribution is -2.32. The fourth-order valence-electron chi connectivity index (χ4n) is 3.07. The second-order valence-electron chi connectivity index (χ2n) is 6.10. The Labute approximate surface area is 145 Å². The Bertz CT molecular complexity index is 897. The number of aromatic amines is 1. The van der Waals surface area contributed by atoms with Gasteiger partial charge in [-0.15, -0.1) is 0 Å². The molecule has 2 N–H and O–H groups in total. The fraction of sp³-hybridized carbons (Fsp3) is 0.263. The molecule has 3 heterocycles. The van der Waals surface area contributed by atoms with Crippen LogP contribution < -0.4 is 5.32 Å². The van der Waals surface area contributed by atoms with Gasteiger partial charge in [0, 0.05) is 12.6 Å². The Morgan fingerprint density at radius 2 is 2.20 bits per heavy atom. The monoisotopic (exact) mass is 337 g/mol. The Balaban J connectivity index is 1.43. The first kappa shape index (κ1) is 15.7. The van der Waals surface area contributed by atoms with Crippen LogP contribution in [-0.2, 0) is 11.2 Å². The maximum absolute atomic E-state index is 12.4. The molecule has 1 aliphatic rings. The van der Waals surface area contributed by atoms with Crippen LogP contribution in [0.1, 0.15) is 33.5 Å². The van der Waals surface area contributed by atoms with Gasteiger partial charge in [-0.2, -0.15) is 5.10 Å². The Morgan fingerprint density at radius 1 is 1.32 bits per heavy atom. The number of carbonyl (C=O) groups is 1. The number of ether oxygens (including phenoxy) is 1. The molecule has 0 fully saturated rings. The van der Waals surface area contributed by atoms with Gasteiger partial charge in [-0.1, -0.05) is 24.3 Å². The highest BCUT2D eigenvalue weighted by Gasteiger charge is 2.22. The smallest absolute Gasteiger partial charge is 0.271 e. The molecule has 128 valence electrons. The van der Waals surface area contributed by atoms with Gasteiger partial charge >= 0.3 is 0 Å². The summed E-state index contributed by atoms with van der Waals surface area (Å²) >= 11 is 0. The van der Waals surface area contributed by atoms with Gasteiger partial charge in [0.05, 0.1) is 6.61 Å². The summed E-state index contributed by atoms with van der Waals surface area (Å²) in [5, 5.41) is 9.81. The van der Waals surface area contributed by atoms with Gasteiger partial charge in [-0.05, 0) is 36.6 Å². The van der Waals surface area contributed by atoms with E-state index >= 15 is 0 Å². The SMILES string of the molecule is Cc1ccc(-c2cc(C(=O)NC[C@@H]3OCCc4ccccc43)n[nH]2)o1. The van der Waals surface area contributed by atoms with Crippen molar-refractivity contribution in [2.24, 2.45) is 0 Å². The van der Waals surface area contributed by atoms with Crippen LogP contribution >= 0.6 is 0 Å². The van der Waals surface area contributed by atoms with Gasteiger partial charge < -0.3 is 14.5 Å². The van der Waals surface area contributed by atoms with E-state index in [0.717, 1.165) is 17.7 Å². The molecule has 1 aliphatic heterocycles. The minimum Gasteiger partial charge on any atom is -0.460 e. The highest BCUT2D eigenvalue weighted by atomic mass is 16.5. The van der Waals surface area contributed by atoms with E-state index in [1.54, 1.807) is 6.07 Å². The molecule has 0 saturated carbocycles. The summed E-state index contributed by atoms with van der Waals surface area (Å²) < 4.78 is 11.3. The predicted molar refractivity (Wildman–Crippen MR) is 92.2 cm³/mol. The normalized spacial score (nSPS) is 16.4. The zero-order valence-electron chi connectivity index (χ0n) is 13.9. The molecule has 1 aromatic carbocycles. The number of aryl methyl sites for hydroxylation is 1. The maximum atomic E-state index is 12.4. The molecular weight excluding hydrogens is 318 g/mol. The number of amides is 1. The zero-order chi connectivity index (χ0) is 17.2. The quantitative estimate of drug-likeness (QED) is 0.767. The summed E-state index contributed by atoms with van der Waals surface area (Å²) in [6, 6.07) is 13.6. The van der Waals surface area contributed by atoms with Crippen molar-refractivity contribution in [2.45, 2.75) is 19.4 Å². The Hall–Kier alpha value is -2.86. The van der Waals surface area contributed by atoms with E-state index in [9.17, 15) is 4.79 Å². The molecule has 1 amide bonds. The van der Waals surface area contributed by atoms with Crippen LogP contribution in [0.5, 0.6) is 0 Å². The molecule has 0 saturated heterocycles. The van der Waals surface area contributed by atoms with Gasteiger partial charge in [-0.3, -0.25) is 9.89 Å². The lowest BCUT2D eigenvalue weighted by Gasteiger charge is -2.26. The summed E-state index contributed by atoms with van der Waals surface area (Å²) in [6.07, 6.45) is 0.784. The van der Waals surface area contributed by atoms with Crippen LogP contribution in [0.15, 0.2) is 46.9 Å². The van der Waals surface area contributed by atoms with Crippen molar-refractivity contribution in [3.63, 3.8) is 0 Å². The number of carbonyl (C=O) groups excluding carboxylic acids is 1. The third kappa shape index (κ3) is 3.21. The highest BCUT2D eigenvalue weighted by molar-refractivity contribution is 5.93. The summed E-state index contributed by atoms with van der Waals surface area (Å²) in [5.41, 5.74) is 3.43. The average molecular weight is 337 g/mol. The number of hydrogen-bond acceptors (Lipinski definition) is 4. The largest absolute Gasteiger partial charge is 0.460 e. The van der Waals surface area contributed by atoms with Crippen LogP contribution in [0.3, 0.4) is 0 Å². The van der Waals surface area contributed by atoms with Crippen molar-refractivity contribution in [1.29, 1.82) is 0 Å². The van der Waals surface area contributed by atoms with E-state index in [-0.39, 0.29) is 12.0 Å². The minimum atomic E-state index is -0.238. The Morgan fingerprint density at radius 3 is 3.04 bits per heavy atom. The Kier molecular flexibility index (Phi) is 4.11. The van der Waals surface area contributed by atoms with Gasteiger partial charge in [0.1, 0.15) is 17.6 Å². The van der Waals surface area contributed by atoms with Crippen molar-refractivity contribution < 1.29 is 13.9 Å². The average Bonchev–Trinajstić information content (AvgIpc) is 3.28. The van der Waals surface area contributed by atoms with Crippen molar-refractivity contribution in [3.8, 4) is 11.5 Å². The van der Waals surface area contributed by atoms with Crippen LogP contribution in [0, 0.1) is 6.92 Å². The standard InChI is InChI=1S/C19H19N3O3/c1-12-6-7-17(25-12)15-10-16(22-21-15)19(23)20-11-18-14-5-3-2-4-13(14)8-9-24-18/h2-7,10,18H,8-9,11H2,1H3,(H,20,23)(H,21,22)/t18-/m0/s1. The summed E-state index contributed by atoms with van der Waals surface area (Å²) in [6.45, 7) is 2.95. The molecule has 2 aromatic heterocycles. The van der Waals surface area contributed by atoms with E-state index in [2.05, 4.69) is 27.6 Å². The minimum absolute atomic E-state index is 0.125. The zero-order valence-corrected chi connectivity index (χ0v) is 13.9. The number of rotatable bonds is 4. The second kappa shape index (κ2) is 6.57. The molecule has 3 aromatic rings. The number of benzene rings is 1. The molecular formula is C19H19N3O3. The molecule has 6 nitrogen and oxygen atoms in total. The van der Waals surface area contributed by atoms with Crippen LogP contribution in [0.2, 0.25) is 0 Å². The summed E-state index contributed by atoms with van der Waals surface area (Å²) in [4.78, 5) is 12.4. The molecule has 0 radical (unpaired) electrons. The topological polar surface area (TPSA) is 80.1 Å². The molecule has 25 heavy (non-hydrogen) atoms. The first-order chi connectivity index (χ1) is 12.2. The number of nitrogens with one attached hydrogen (secondary N) is 2. The molecule has 0 unspecified atom stereocenters. The van der Waals surface area contributed by atoms with Crippen molar-refractivity contribution in [2.75, 3.05) is 13.2 Å². The number of nitrogens with zero attached hydrogens (tertiary/aromatic N) is 1. The highest BCUT2D eigenvalue weighted by Crippen LogP contribution is 2.26. The fourth-order valence-corrected chi connectivity index (χ4v) is 3.07. The van der Waals surface area contributed by atoms with E-state index in [1.807, 2.05) is 31.2 Å². The van der Waals surface area contributed by atoms with E-state index in [4.69, 9.17) is 9.15 Å². The summed E-state index contributed by atoms with van der Waals surface area (Å²) in [5.74, 6) is 1.23. The first-order valence-electron chi connectivity index (χ1n) is 8.30. The number of fused-ring (bicyclic) bond motifs is 1. The molecule has 4 rings (SSSR count). The molecule has 0 spiro atoms.